The standard InChI is InChI=1S/C27H32N2O8S2.K/c1-26(2)20-15-18(30)9-11-22(20)28(13-6-14-38(32,33)34)24(26)7-5-8-25-27(3,4)21-16-19(31)10-12-23(21)29(25)17-39(35,36)37;/h5,7-12,15-16H,6,13-14,17H2,1-4H3,(H3-,30,31,32,33,34,35,36,37);/q;+1. The molecule has 2 aromatic rings. The fraction of sp³-hybridized carbons (Fsp3) is 0.370. The van der Waals surface area contributed by atoms with Crippen molar-refractivity contribution < 1.29 is 92.1 Å². The first-order chi connectivity index (χ1) is 17.9. The molecular weight excluding hydrogens is 584 g/mol. The number of hydrogen-bond donors (Lipinski definition) is 3. The Morgan fingerprint density at radius 2 is 1.55 bits per heavy atom. The average Bonchev–Trinajstić information content (AvgIpc) is 3.11. The van der Waals surface area contributed by atoms with Crippen LogP contribution in [-0.4, -0.2) is 64.6 Å². The summed E-state index contributed by atoms with van der Waals surface area (Å²) in [5.41, 5.74) is 2.92. The van der Waals surface area contributed by atoms with E-state index in [1.807, 2.05) is 38.7 Å². The van der Waals surface area contributed by atoms with Crippen LogP contribution in [0.3, 0.4) is 0 Å². The predicted molar refractivity (Wildman–Crippen MR) is 147 cm³/mol. The maximum atomic E-state index is 11.9. The van der Waals surface area contributed by atoms with Gasteiger partial charge in [0, 0.05) is 46.8 Å². The van der Waals surface area contributed by atoms with Crippen molar-refractivity contribution in [3.63, 3.8) is 0 Å². The number of fused-ring (bicyclic) bond motifs is 2. The fourth-order valence-corrected chi connectivity index (χ4v) is 6.59. The molecule has 0 bridgehead atoms. The molecule has 2 aliphatic heterocycles. The van der Waals surface area contributed by atoms with Gasteiger partial charge in [-0.15, -0.1) is 0 Å². The van der Waals surface area contributed by atoms with Gasteiger partial charge in [0.1, 0.15) is 11.5 Å². The molecule has 0 aliphatic carbocycles. The summed E-state index contributed by atoms with van der Waals surface area (Å²) in [6, 6.07) is 9.57. The minimum Gasteiger partial charge on any atom is -0.748 e. The van der Waals surface area contributed by atoms with Gasteiger partial charge in [0.2, 0.25) is 5.69 Å². The van der Waals surface area contributed by atoms with E-state index in [9.17, 15) is 36.2 Å². The topological polar surface area (TPSA) is 158 Å². The zero-order valence-electron chi connectivity index (χ0n) is 23.1. The number of aromatic hydroxyl groups is 2. The average molecular weight is 616 g/mol. The Morgan fingerprint density at radius 3 is 2.15 bits per heavy atom. The number of hydrogen-bond acceptors (Lipinski definition) is 8. The van der Waals surface area contributed by atoms with Gasteiger partial charge in [-0.2, -0.15) is 13.0 Å². The van der Waals surface area contributed by atoms with Gasteiger partial charge in [-0.3, -0.25) is 4.55 Å². The van der Waals surface area contributed by atoms with Crippen molar-refractivity contribution in [2.45, 2.75) is 44.9 Å². The third-order valence-electron chi connectivity index (χ3n) is 7.33. The molecule has 0 radical (unpaired) electrons. The van der Waals surface area contributed by atoms with E-state index < -0.39 is 42.7 Å². The largest absolute Gasteiger partial charge is 1.00 e. The quantitative estimate of drug-likeness (QED) is 0.218. The van der Waals surface area contributed by atoms with Crippen molar-refractivity contribution in [3.8, 4) is 11.5 Å². The molecular formula is C27H32KN2O8S2+. The van der Waals surface area contributed by atoms with Gasteiger partial charge in [0.05, 0.1) is 15.5 Å². The van der Waals surface area contributed by atoms with Gasteiger partial charge in [-0.25, -0.2) is 8.42 Å². The molecule has 0 saturated heterocycles. The molecule has 0 saturated carbocycles. The summed E-state index contributed by atoms with van der Waals surface area (Å²) in [6.45, 7) is 7.95. The van der Waals surface area contributed by atoms with E-state index in [2.05, 4.69) is 0 Å². The molecule has 3 N–H and O–H groups in total. The van der Waals surface area contributed by atoms with Gasteiger partial charge in [-0.1, -0.05) is 19.9 Å². The normalized spacial score (nSPS) is 18.8. The van der Waals surface area contributed by atoms with E-state index in [0.29, 0.717) is 17.0 Å². The summed E-state index contributed by atoms with van der Waals surface area (Å²) in [4.78, 5) is 1.91. The van der Waals surface area contributed by atoms with Crippen LogP contribution in [0.2, 0.25) is 0 Å². The van der Waals surface area contributed by atoms with E-state index >= 15 is 0 Å². The summed E-state index contributed by atoms with van der Waals surface area (Å²) in [5, 5.41) is 20.2. The smallest absolute Gasteiger partial charge is 0.748 e. The van der Waals surface area contributed by atoms with Gasteiger partial charge in [0.25, 0.3) is 5.88 Å². The summed E-state index contributed by atoms with van der Waals surface area (Å²) >= 11 is 0. The minimum atomic E-state index is -4.39. The first kappa shape index (κ1) is 33.0. The number of nitrogens with zero attached hydrogens (tertiary/aromatic N) is 2. The molecule has 0 unspecified atom stereocenters. The SMILES string of the molecule is CC1(C)C(/C=C/C=C2/N(CCCS(=O)(=O)[O-])c3ccc(O)cc3C2(C)C)=[N+](CS(=O)(=O)O)c2ccc(O)cc21.[K+]. The second kappa shape index (κ2) is 11.6. The van der Waals surface area contributed by atoms with Gasteiger partial charge < -0.3 is 19.7 Å². The number of benzene rings is 2. The van der Waals surface area contributed by atoms with Crippen molar-refractivity contribution in [2.75, 3.05) is 23.1 Å². The van der Waals surface area contributed by atoms with Crippen LogP contribution in [0.5, 0.6) is 11.5 Å². The number of rotatable bonds is 8. The number of phenols is 2. The van der Waals surface area contributed by atoms with Crippen LogP contribution in [0.4, 0.5) is 11.4 Å². The Kier molecular flexibility index (Phi) is 9.57. The second-order valence-electron chi connectivity index (χ2n) is 10.9. The molecule has 4 rings (SSSR count). The number of anilines is 1. The van der Waals surface area contributed by atoms with Gasteiger partial charge >= 0.3 is 61.5 Å². The van der Waals surface area contributed by atoms with Crippen LogP contribution in [0.15, 0.2) is 60.3 Å². The Hall–Kier alpha value is -1.55. The maximum Gasteiger partial charge on any atom is 1.00 e. The van der Waals surface area contributed by atoms with Crippen LogP contribution in [-0.2, 0) is 31.1 Å². The molecule has 0 atom stereocenters. The van der Waals surface area contributed by atoms with Crippen molar-refractivity contribution in [3.05, 3.63) is 71.5 Å². The molecule has 0 fully saturated rings. The molecule has 2 heterocycles. The van der Waals surface area contributed by atoms with Gasteiger partial charge in [0.15, 0.2) is 5.71 Å². The second-order valence-corrected chi connectivity index (χ2v) is 13.8. The predicted octanol–water partition coefficient (Wildman–Crippen LogP) is 0.497. The van der Waals surface area contributed by atoms with Crippen LogP contribution >= 0.6 is 0 Å². The minimum absolute atomic E-state index is 0. The Balaban J connectivity index is 0.00000441. The monoisotopic (exact) mass is 615 g/mol. The van der Waals surface area contributed by atoms with Crippen LogP contribution in [0, 0.1) is 0 Å². The molecule has 0 aromatic heterocycles. The van der Waals surface area contributed by atoms with Crippen LogP contribution < -0.4 is 56.3 Å². The summed E-state index contributed by atoms with van der Waals surface area (Å²) < 4.78 is 68.5. The fourth-order valence-electron chi connectivity index (χ4n) is 5.50. The third kappa shape index (κ3) is 6.74. The molecule has 13 heteroatoms. The van der Waals surface area contributed by atoms with E-state index in [-0.39, 0.29) is 75.8 Å². The van der Waals surface area contributed by atoms with E-state index in [1.54, 1.807) is 42.5 Å². The summed E-state index contributed by atoms with van der Waals surface area (Å²) in [7, 11) is -8.77. The zero-order chi connectivity index (χ0) is 29.0. The molecule has 210 valence electrons. The Labute approximate surface area is 277 Å². The molecule has 0 spiro atoms. The van der Waals surface area contributed by atoms with E-state index in [1.165, 1.54) is 10.6 Å². The van der Waals surface area contributed by atoms with Crippen molar-refractivity contribution in [2.24, 2.45) is 0 Å². The molecule has 40 heavy (non-hydrogen) atoms. The zero-order valence-corrected chi connectivity index (χ0v) is 27.9. The number of allylic oxidation sites excluding steroid dienone is 4. The Bertz CT molecular complexity index is 1640. The molecule has 10 nitrogen and oxygen atoms in total. The van der Waals surface area contributed by atoms with E-state index in [0.717, 1.165) is 16.9 Å². The molecule has 2 aliphatic rings. The van der Waals surface area contributed by atoms with Crippen molar-refractivity contribution in [1.82, 2.24) is 0 Å². The molecule has 2 aromatic carbocycles. The first-order valence-electron chi connectivity index (χ1n) is 12.3. The summed E-state index contributed by atoms with van der Waals surface area (Å²) in [5.74, 6) is -1.06. The van der Waals surface area contributed by atoms with Crippen LogP contribution in [0.25, 0.3) is 0 Å². The number of phenolic OH excluding ortho intramolecular Hbond substituents is 2. The first-order valence-corrected chi connectivity index (χ1v) is 15.5. The maximum absolute atomic E-state index is 11.9. The Morgan fingerprint density at radius 1 is 0.950 bits per heavy atom. The van der Waals surface area contributed by atoms with Crippen molar-refractivity contribution in [1.29, 1.82) is 0 Å². The third-order valence-corrected chi connectivity index (χ3v) is 8.70. The van der Waals surface area contributed by atoms with Gasteiger partial charge in [-0.05, 0) is 62.2 Å². The van der Waals surface area contributed by atoms with E-state index in [4.69, 9.17) is 0 Å². The summed E-state index contributed by atoms with van der Waals surface area (Å²) in [6.07, 6.45) is 5.43. The van der Waals surface area contributed by atoms with Crippen molar-refractivity contribution >= 4 is 37.3 Å². The molecule has 0 amide bonds. The van der Waals surface area contributed by atoms with Crippen LogP contribution in [0.1, 0.15) is 45.2 Å².